The molecule has 0 fully saturated rings. The summed E-state index contributed by atoms with van der Waals surface area (Å²) >= 11 is 0. The molecule has 0 saturated heterocycles. The van der Waals surface area contributed by atoms with Crippen LogP contribution in [0.2, 0.25) is 0 Å². The molecular formula is C21H21N3O3. The summed E-state index contributed by atoms with van der Waals surface area (Å²) in [6, 6.07) is 14.8. The SMILES string of the molecule is CC(=O)Nc1cccc(NC(=O)Cc2nc(-c3cccc(C)c3)oc2C)c1. The monoisotopic (exact) mass is 363 g/mol. The van der Waals surface area contributed by atoms with Crippen molar-refractivity contribution in [2.45, 2.75) is 27.2 Å². The van der Waals surface area contributed by atoms with Gasteiger partial charge >= 0.3 is 0 Å². The van der Waals surface area contributed by atoms with Gasteiger partial charge in [0.2, 0.25) is 17.7 Å². The van der Waals surface area contributed by atoms with Crippen LogP contribution in [0.3, 0.4) is 0 Å². The summed E-state index contributed by atoms with van der Waals surface area (Å²) in [5.41, 5.74) is 3.82. The third-order valence-electron chi connectivity index (χ3n) is 3.95. The maximum atomic E-state index is 12.4. The van der Waals surface area contributed by atoms with E-state index in [0.717, 1.165) is 11.1 Å². The Morgan fingerprint density at radius 3 is 2.41 bits per heavy atom. The fourth-order valence-electron chi connectivity index (χ4n) is 2.73. The number of aryl methyl sites for hydroxylation is 2. The summed E-state index contributed by atoms with van der Waals surface area (Å²) in [7, 11) is 0. The lowest BCUT2D eigenvalue weighted by Crippen LogP contribution is -2.15. The Balaban J connectivity index is 1.70. The second kappa shape index (κ2) is 7.86. The van der Waals surface area contributed by atoms with Crippen molar-refractivity contribution in [3.05, 3.63) is 65.5 Å². The Bertz CT molecular complexity index is 992. The van der Waals surface area contributed by atoms with Gasteiger partial charge in [-0.05, 0) is 44.2 Å². The highest BCUT2D eigenvalue weighted by Gasteiger charge is 2.15. The van der Waals surface area contributed by atoms with Gasteiger partial charge in [-0.3, -0.25) is 9.59 Å². The topological polar surface area (TPSA) is 84.2 Å². The average Bonchev–Trinajstić information content (AvgIpc) is 2.95. The van der Waals surface area contributed by atoms with E-state index in [1.54, 1.807) is 31.2 Å². The Hall–Kier alpha value is -3.41. The van der Waals surface area contributed by atoms with Gasteiger partial charge in [0, 0.05) is 23.9 Å². The molecule has 2 aromatic carbocycles. The quantitative estimate of drug-likeness (QED) is 0.715. The molecule has 2 amide bonds. The van der Waals surface area contributed by atoms with E-state index in [4.69, 9.17) is 4.42 Å². The first-order valence-corrected chi connectivity index (χ1v) is 8.61. The number of oxazole rings is 1. The molecule has 3 rings (SSSR count). The molecule has 0 aliphatic heterocycles. The molecule has 0 aliphatic carbocycles. The number of carbonyl (C=O) groups is 2. The van der Waals surface area contributed by atoms with Crippen LogP contribution < -0.4 is 10.6 Å². The zero-order chi connectivity index (χ0) is 19.4. The van der Waals surface area contributed by atoms with Crippen molar-refractivity contribution < 1.29 is 14.0 Å². The third kappa shape index (κ3) is 4.82. The minimum Gasteiger partial charge on any atom is -0.441 e. The standard InChI is InChI=1S/C21H21N3O3/c1-13-6-4-7-16(10-13)21-24-19(14(2)27-21)12-20(26)23-18-9-5-8-17(11-18)22-15(3)25/h4-11H,12H2,1-3H3,(H,22,25)(H,23,26). The van der Waals surface area contributed by atoms with E-state index < -0.39 is 0 Å². The van der Waals surface area contributed by atoms with Crippen LogP contribution in [0.1, 0.15) is 23.9 Å². The lowest BCUT2D eigenvalue weighted by molar-refractivity contribution is -0.116. The van der Waals surface area contributed by atoms with Gasteiger partial charge in [0.05, 0.1) is 12.1 Å². The molecule has 0 bridgehead atoms. The maximum Gasteiger partial charge on any atom is 0.230 e. The highest BCUT2D eigenvalue weighted by atomic mass is 16.4. The maximum absolute atomic E-state index is 12.4. The van der Waals surface area contributed by atoms with E-state index in [1.807, 2.05) is 31.2 Å². The van der Waals surface area contributed by atoms with E-state index in [2.05, 4.69) is 15.6 Å². The summed E-state index contributed by atoms with van der Waals surface area (Å²) < 4.78 is 5.73. The first kappa shape index (κ1) is 18.4. The molecule has 0 spiro atoms. The number of nitrogens with one attached hydrogen (secondary N) is 2. The van der Waals surface area contributed by atoms with Crippen LogP contribution in [-0.4, -0.2) is 16.8 Å². The number of anilines is 2. The molecule has 6 heteroatoms. The van der Waals surface area contributed by atoms with Crippen LogP contribution in [0.4, 0.5) is 11.4 Å². The Morgan fingerprint density at radius 1 is 1.00 bits per heavy atom. The predicted molar refractivity (Wildman–Crippen MR) is 104 cm³/mol. The van der Waals surface area contributed by atoms with E-state index in [1.165, 1.54) is 6.92 Å². The van der Waals surface area contributed by atoms with Crippen molar-refractivity contribution in [1.29, 1.82) is 0 Å². The van der Waals surface area contributed by atoms with Gasteiger partial charge in [-0.1, -0.05) is 23.8 Å². The summed E-state index contributed by atoms with van der Waals surface area (Å²) in [5, 5.41) is 5.50. The molecule has 2 N–H and O–H groups in total. The molecule has 0 unspecified atom stereocenters. The normalized spacial score (nSPS) is 10.5. The number of hydrogen-bond acceptors (Lipinski definition) is 4. The number of aromatic nitrogens is 1. The molecular weight excluding hydrogens is 342 g/mol. The van der Waals surface area contributed by atoms with Crippen LogP contribution in [0, 0.1) is 13.8 Å². The van der Waals surface area contributed by atoms with Crippen molar-refractivity contribution in [2.24, 2.45) is 0 Å². The Morgan fingerprint density at radius 2 is 1.70 bits per heavy atom. The minimum atomic E-state index is -0.206. The number of rotatable bonds is 5. The second-order valence-electron chi connectivity index (χ2n) is 6.38. The fourth-order valence-corrected chi connectivity index (χ4v) is 2.73. The van der Waals surface area contributed by atoms with Crippen molar-refractivity contribution in [3.63, 3.8) is 0 Å². The highest BCUT2D eigenvalue weighted by Crippen LogP contribution is 2.23. The summed E-state index contributed by atoms with van der Waals surface area (Å²) in [6.45, 7) is 5.24. The molecule has 138 valence electrons. The molecule has 6 nitrogen and oxygen atoms in total. The number of nitrogens with zero attached hydrogens (tertiary/aromatic N) is 1. The minimum absolute atomic E-state index is 0.103. The average molecular weight is 363 g/mol. The van der Waals surface area contributed by atoms with Gasteiger partial charge in [0.25, 0.3) is 0 Å². The first-order chi connectivity index (χ1) is 12.9. The molecule has 27 heavy (non-hydrogen) atoms. The Kier molecular flexibility index (Phi) is 5.35. The summed E-state index contributed by atoms with van der Waals surface area (Å²) in [4.78, 5) is 28.0. The van der Waals surface area contributed by atoms with Gasteiger partial charge in [-0.15, -0.1) is 0 Å². The van der Waals surface area contributed by atoms with Crippen LogP contribution in [0.5, 0.6) is 0 Å². The van der Waals surface area contributed by atoms with Crippen LogP contribution in [0.25, 0.3) is 11.5 Å². The van der Waals surface area contributed by atoms with Gasteiger partial charge < -0.3 is 15.1 Å². The van der Waals surface area contributed by atoms with Gasteiger partial charge in [0.15, 0.2) is 0 Å². The molecule has 0 radical (unpaired) electrons. The van der Waals surface area contributed by atoms with Crippen molar-refractivity contribution >= 4 is 23.2 Å². The zero-order valence-corrected chi connectivity index (χ0v) is 15.5. The van der Waals surface area contributed by atoms with E-state index in [-0.39, 0.29) is 18.2 Å². The van der Waals surface area contributed by atoms with Gasteiger partial charge in [0.1, 0.15) is 5.76 Å². The van der Waals surface area contributed by atoms with Gasteiger partial charge in [-0.25, -0.2) is 4.98 Å². The van der Waals surface area contributed by atoms with Crippen LogP contribution >= 0.6 is 0 Å². The summed E-state index contributed by atoms with van der Waals surface area (Å²) in [5.74, 6) is 0.753. The van der Waals surface area contributed by atoms with Crippen LogP contribution in [0.15, 0.2) is 52.9 Å². The zero-order valence-electron chi connectivity index (χ0n) is 15.5. The predicted octanol–water partition coefficient (Wildman–Crippen LogP) is 4.10. The molecule has 0 atom stereocenters. The number of hydrogen-bond donors (Lipinski definition) is 2. The third-order valence-corrected chi connectivity index (χ3v) is 3.95. The van der Waals surface area contributed by atoms with Crippen molar-refractivity contribution in [1.82, 2.24) is 4.98 Å². The fraction of sp³-hybridized carbons (Fsp3) is 0.190. The number of carbonyl (C=O) groups excluding carboxylic acids is 2. The number of benzene rings is 2. The lowest BCUT2D eigenvalue weighted by Gasteiger charge is -2.07. The smallest absolute Gasteiger partial charge is 0.230 e. The molecule has 0 saturated carbocycles. The molecule has 1 aromatic heterocycles. The highest BCUT2D eigenvalue weighted by molar-refractivity contribution is 5.94. The first-order valence-electron chi connectivity index (χ1n) is 8.61. The largest absolute Gasteiger partial charge is 0.441 e. The van der Waals surface area contributed by atoms with Crippen molar-refractivity contribution in [3.8, 4) is 11.5 Å². The van der Waals surface area contributed by atoms with E-state index in [9.17, 15) is 9.59 Å². The molecule has 0 aliphatic rings. The van der Waals surface area contributed by atoms with E-state index in [0.29, 0.717) is 28.7 Å². The number of amides is 2. The Labute approximate surface area is 157 Å². The van der Waals surface area contributed by atoms with Crippen LogP contribution in [-0.2, 0) is 16.0 Å². The molecule has 3 aromatic rings. The van der Waals surface area contributed by atoms with Gasteiger partial charge in [-0.2, -0.15) is 0 Å². The van der Waals surface area contributed by atoms with Crippen molar-refractivity contribution in [2.75, 3.05) is 10.6 Å². The van der Waals surface area contributed by atoms with E-state index >= 15 is 0 Å². The molecule has 1 heterocycles. The lowest BCUT2D eigenvalue weighted by atomic mass is 10.1. The summed E-state index contributed by atoms with van der Waals surface area (Å²) in [6.07, 6.45) is 0.103. The second-order valence-corrected chi connectivity index (χ2v) is 6.38.